The third-order valence-corrected chi connectivity index (χ3v) is 3.95. The van der Waals surface area contributed by atoms with Gasteiger partial charge < -0.3 is 10.2 Å². The molecule has 2 N–H and O–H groups in total. The summed E-state index contributed by atoms with van der Waals surface area (Å²) in [5, 5.41) is 4.95. The van der Waals surface area contributed by atoms with Gasteiger partial charge in [0.25, 0.3) is 0 Å². The maximum absolute atomic E-state index is 13.6. The van der Waals surface area contributed by atoms with Gasteiger partial charge in [0.2, 0.25) is 11.8 Å². The van der Waals surface area contributed by atoms with E-state index in [4.69, 9.17) is 0 Å². The molecule has 0 aliphatic carbocycles. The molecule has 26 heavy (non-hydrogen) atoms. The highest BCUT2D eigenvalue weighted by Gasteiger charge is 2.26. The van der Waals surface area contributed by atoms with Crippen molar-refractivity contribution >= 4 is 17.8 Å². The zero-order valence-electron chi connectivity index (χ0n) is 13.8. The number of halogens is 1. The molecule has 1 saturated heterocycles. The standard InChI is InChI=1S/C18H17FN4O3/c19-13-5-3-4-12(10-13)17(14-6-1-2-8-20-14)21-16(25)11-23-9-7-15(24)22-18(23)26/h1-6,8,10,17H,7,9,11H2,(H,21,25)(H,22,24,26). The van der Waals surface area contributed by atoms with Gasteiger partial charge in [-0.2, -0.15) is 0 Å². The summed E-state index contributed by atoms with van der Waals surface area (Å²) >= 11 is 0. The number of pyridine rings is 1. The summed E-state index contributed by atoms with van der Waals surface area (Å²) in [6.07, 6.45) is 1.73. The molecule has 0 spiro atoms. The van der Waals surface area contributed by atoms with Gasteiger partial charge in [-0.15, -0.1) is 0 Å². The molecule has 134 valence electrons. The molecule has 1 aliphatic heterocycles. The van der Waals surface area contributed by atoms with Crippen LogP contribution in [-0.4, -0.2) is 40.8 Å². The number of urea groups is 1. The lowest BCUT2D eigenvalue weighted by Crippen LogP contribution is -2.52. The quantitative estimate of drug-likeness (QED) is 0.846. The fourth-order valence-electron chi connectivity index (χ4n) is 2.69. The minimum Gasteiger partial charge on any atom is -0.342 e. The van der Waals surface area contributed by atoms with E-state index in [0.29, 0.717) is 11.3 Å². The van der Waals surface area contributed by atoms with Crippen LogP contribution in [-0.2, 0) is 9.59 Å². The number of imide groups is 1. The fraction of sp³-hybridized carbons (Fsp3) is 0.222. The normalized spacial score (nSPS) is 15.3. The van der Waals surface area contributed by atoms with E-state index in [1.165, 1.54) is 17.0 Å². The molecule has 0 bridgehead atoms. The number of carbonyl (C=O) groups excluding carboxylic acids is 3. The lowest BCUT2D eigenvalue weighted by molar-refractivity contribution is -0.125. The maximum atomic E-state index is 13.6. The highest BCUT2D eigenvalue weighted by Crippen LogP contribution is 2.21. The van der Waals surface area contributed by atoms with Crippen LogP contribution in [0.2, 0.25) is 0 Å². The molecule has 8 heteroatoms. The van der Waals surface area contributed by atoms with Crippen LogP contribution in [0.15, 0.2) is 48.7 Å². The van der Waals surface area contributed by atoms with Crippen LogP contribution in [0.3, 0.4) is 0 Å². The van der Waals surface area contributed by atoms with E-state index in [9.17, 15) is 18.8 Å². The maximum Gasteiger partial charge on any atom is 0.324 e. The number of amides is 4. The van der Waals surface area contributed by atoms with Gasteiger partial charge in [0.1, 0.15) is 12.4 Å². The number of aromatic nitrogens is 1. The zero-order valence-corrected chi connectivity index (χ0v) is 13.8. The summed E-state index contributed by atoms with van der Waals surface area (Å²) < 4.78 is 13.6. The van der Waals surface area contributed by atoms with Gasteiger partial charge in [-0.25, -0.2) is 9.18 Å². The van der Waals surface area contributed by atoms with Crippen molar-refractivity contribution in [3.63, 3.8) is 0 Å². The van der Waals surface area contributed by atoms with Crippen molar-refractivity contribution < 1.29 is 18.8 Å². The van der Waals surface area contributed by atoms with Crippen molar-refractivity contribution in [2.75, 3.05) is 13.1 Å². The van der Waals surface area contributed by atoms with Crippen LogP contribution in [0.1, 0.15) is 23.7 Å². The van der Waals surface area contributed by atoms with Crippen molar-refractivity contribution in [2.45, 2.75) is 12.5 Å². The Morgan fingerprint density at radius 3 is 2.81 bits per heavy atom. The number of hydrogen-bond donors (Lipinski definition) is 2. The summed E-state index contributed by atoms with van der Waals surface area (Å²) in [4.78, 5) is 40.9. The first-order valence-corrected chi connectivity index (χ1v) is 8.07. The topological polar surface area (TPSA) is 91.4 Å². The zero-order chi connectivity index (χ0) is 18.5. The summed E-state index contributed by atoms with van der Waals surface area (Å²) in [6, 6.07) is 9.86. The molecule has 2 aromatic rings. The average molecular weight is 356 g/mol. The molecule has 7 nitrogen and oxygen atoms in total. The van der Waals surface area contributed by atoms with Gasteiger partial charge >= 0.3 is 6.03 Å². The molecule has 2 heterocycles. The highest BCUT2D eigenvalue weighted by molar-refractivity contribution is 5.98. The van der Waals surface area contributed by atoms with E-state index in [0.717, 1.165) is 0 Å². The molecule has 1 unspecified atom stereocenters. The first kappa shape index (κ1) is 17.5. The second-order valence-electron chi connectivity index (χ2n) is 5.84. The van der Waals surface area contributed by atoms with E-state index in [-0.39, 0.29) is 25.4 Å². The molecule has 0 radical (unpaired) electrons. The van der Waals surface area contributed by atoms with Gasteiger partial charge in [-0.05, 0) is 29.8 Å². The van der Waals surface area contributed by atoms with Gasteiger partial charge in [0.15, 0.2) is 0 Å². The first-order valence-electron chi connectivity index (χ1n) is 8.07. The lowest BCUT2D eigenvalue weighted by Gasteiger charge is -2.27. The van der Waals surface area contributed by atoms with E-state index >= 15 is 0 Å². The van der Waals surface area contributed by atoms with Gasteiger partial charge in [0, 0.05) is 19.2 Å². The lowest BCUT2D eigenvalue weighted by atomic mass is 10.0. The van der Waals surface area contributed by atoms with Crippen molar-refractivity contribution in [3.05, 3.63) is 65.7 Å². The van der Waals surface area contributed by atoms with Crippen LogP contribution >= 0.6 is 0 Å². The summed E-state index contributed by atoms with van der Waals surface area (Å²) in [5.74, 6) is -1.22. The third kappa shape index (κ3) is 4.21. The second-order valence-corrected chi connectivity index (χ2v) is 5.84. The Morgan fingerprint density at radius 2 is 2.12 bits per heavy atom. The van der Waals surface area contributed by atoms with E-state index in [1.54, 1.807) is 36.5 Å². The summed E-state index contributed by atoms with van der Waals surface area (Å²) in [6.45, 7) is -0.0376. The smallest absolute Gasteiger partial charge is 0.324 e. The minimum absolute atomic E-state index is 0.145. The Bertz CT molecular complexity index is 828. The van der Waals surface area contributed by atoms with Crippen LogP contribution < -0.4 is 10.6 Å². The van der Waals surface area contributed by atoms with Gasteiger partial charge in [-0.3, -0.25) is 19.9 Å². The molecule has 1 atom stereocenters. The monoisotopic (exact) mass is 356 g/mol. The third-order valence-electron chi connectivity index (χ3n) is 3.95. The van der Waals surface area contributed by atoms with E-state index in [2.05, 4.69) is 15.6 Å². The van der Waals surface area contributed by atoms with Crippen molar-refractivity contribution in [1.82, 2.24) is 20.5 Å². The molecule has 1 aliphatic rings. The number of benzene rings is 1. The van der Waals surface area contributed by atoms with Gasteiger partial charge in [0.05, 0.1) is 11.7 Å². The predicted octanol–water partition coefficient (Wildman–Crippen LogP) is 1.37. The minimum atomic E-state index is -0.658. The Kier molecular flexibility index (Phi) is 5.21. The number of nitrogens with one attached hydrogen (secondary N) is 2. The Hall–Kier alpha value is -3.29. The van der Waals surface area contributed by atoms with Crippen LogP contribution in [0.25, 0.3) is 0 Å². The summed E-state index contributed by atoms with van der Waals surface area (Å²) in [5.41, 5.74) is 1.08. The predicted molar refractivity (Wildman–Crippen MR) is 90.4 cm³/mol. The second kappa shape index (κ2) is 7.73. The Balaban J connectivity index is 1.76. The van der Waals surface area contributed by atoms with Crippen LogP contribution in [0.4, 0.5) is 9.18 Å². The molecule has 4 amide bonds. The van der Waals surface area contributed by atoms with Gasteiger partial charge in [-0.1, -0.05) is 18.2 Å². The molecular weight excluding hydrogens is 339 g/mol. The highest BCUT2D eigenvalue weighted by atomic mass is 19.1. The van der Waals surface area contributed by atoms with Crippen molar-refractivity contribution in [3.8, 4) is 0 Å². The molecule has 1 aromatic heterocycles. The summed E-state index contributed by atoms with van der Waals surface area (Å²) in [7, 11) is 0. The van der Waals surface area contributed by atoms with Crippen molar-refractivity contribution in [2.24, 2.45) is 0 Å². The average Bonchev–Trinajstić information content (AvgIpc) is 2.63. The molecule has 1 aromatic carbocycles. The SMILES string of the molecule is O=C1CCN(CC(=O)NC(c2cccc(F)c2)c2ccccn2)C(=O)N1. The van der Waals surface area contributed by atoms with Crippen LogP contribution in [0, 0.1) is 5.82 Å². The van der Waals surface area contributed by atoms with E-state index < -0.39 is 23.8 Å². The molecular formula is C18H17FN4O3. The fourth-order valence-corrected chi connectivity index (χ4v) is 2.69. The number of nitrogens with zero attached hydrogens (tertiary/aromatic N) is 2. The molecule has 1 fully saturated rings. The number of hydrogen-bond acceptors (Lipinski definition) is 4. The number of carbonyl (C=O) groups is 3. The largest absolute Gasteiger partial charge is 0.342 e. The first-order chi connectivity index (χ1) is 12.5. The van der Waals surface area contributed by atoms with Crippen LogP contribution in [0.5, 0.6) is 0 Å². The van der Waals surface area contributed by atoms with Crippen molar-refractivity contribution in [1.29, 1.82) is 0 Å². The molecule has 0 saturated carbocycles. The Morgan fingerprint density at radius 1 is 1.27 bits per heavy atom. The molecule has 3 rings (SSSR count). The van der Waals surface area contributed by atoms with E-state index in [1.807, 2.05) is 0 Å². The Labute approximate surface area is 149 Å². The number of rotatable bonds is 5.